The average molecular weight is 261 g/mol. The van der Waals surface area contributed by atoms with Crippen LogP contribution in [0.15, 0.2) is 35.3 Å². The largest absolute Gasteiger partial charge is 0.465 e. The van der Waals surface area contributed by atoms with Crippen LogP contribution < -0.4 is 5.43 Å². The van der Waals surface area contributed by atoms with E-state index in [-0.39, 0.29) is 11.4 Å². The summed E-state index contributed by atoms with van der Waals surface area (Å²) in [5.74, 6) is -1.08. The molecule has 19 heavy (non-hydrogen) atoms. The highest BCUT2D eigenvalue weighted by molar-refractivity contribution is 5.91. The van der Waals surface area contributed by atoms with Crippen molar-refractivity contribution in [1.29, 1.82) is 0 Å². The fourth-order valence-corrected chi connectivity index (χ4v) is 1.81. The monoisotopic (exact) mass is 261 g/mol. The smallest absolute Gasteiger partial charge is 0.343 e. The van der Waals surface area contributed by atoms with E-state index in [4.69, 9.17) is 0 Å². The third-order valence-corrected chi connectivity index (χ3v) is 2.82. The van der Waals surface area contributed by atoms with E-state index in [0.717, 1.165) is 0 Å². The Hall–Kier alpha value is -2.43. The summed E-state index contributed by atoms with van der Waals surface area (Å²) in [6, 6.07) is 5.48. The van der Waals surface area contributed by atoms with Gasteiger partial charge in [-0.1, -0.05) is 12.1 Å². The first-order valence-electron chi connectivity index (χ1n) is 5.61. The van der Waals surface area contributed by atoms with Gasteiger partial charge in [0.2, 0.25) is 5.43 Å². The molecule has 1 heterocycles. The van der Waals surface area contributed by atoms with Crippen LogP contribution in [0.2, 0.25) is 0 Å². The first-order chi connectivity index (χ1) is 9.04. The predicted molar refractivity (Wildman–Crippen MR) is 68.5 cm³/mol. The standard InChI is InChI=1S/C14H12FNO3/c1-8-12(14(18)19-2)13(17)11(7-16-8)9-3-5-10(15)6-4-9/h3-7H,1-2H3,(H,16,17). The molecule has 0 saturated carbocycles. The highest BCUT2D eigenvalue weighted by atomic mass is 19.1. The Morgan fingerprint density at radius 3 is 2.47 bits per heavy atom. The van der Waals surface area contributed by atoms with E-state index >= 15 is 0 Å². The molecule has 0 spiro atoms. The third kappa shape index (κ3) is 2.40. The number of carbonyl (C=O) groups excluding carboxylic acids is 1. The molecular formula is C14H12FNO3. The number of aromatic amines is 1. The Morgan fingerprint density at radius 1 is 1.26 bits per heavy atom. The molecule has 1 aromatic carbocycles. The van der Waals surface area contributed by atoms with Gasteiger partial charge < -0.3 is 9.72 Å². The minimum atomic E-state index is -0.692. The van der Waals surface area contributed by atoms with Crippen molar-refractivity contribution < 1.29 is 13.9 Å². The first-order valence-corrected chi connectivity index (χ1v) is 5.61. The summed E-state index contributed by atoms with van der Waals surface area (Å²) in [5, 5.41) is 0. The highest BCUT2D eigenvalue weighted by Gasteiger charge is 2.17. The van der Waals surface area contributed by atoms with Crippen molar-refractivity contribution in [3.05, 3.63) is 57.8 Å². The minimum Gasteiger partial charge on any atom is -0.465 e. The number of halogens is 1. The molecule has 0 atom stereocenters. The zero-order chi connectivity index (χ0) is 14.0. The minimum absolute atomic E-state index is 0.0377. The van der Waals surface area contributed by atoms with Crippen molar-refractivity contribution in [2.75, 3.05) is 7.11 Å². The summed E-state index contributed by atoms with van der Waals surface area (Å²) >= 11 is 0. The Kier molecular flexibility index (Phi) is 3.46. The van der Waals surface area contributed by atoms with Crippen molar-refractivity contribution in [3.63, 3.8) is 0 Å². The van der Waals surface area contributed by atoms with E-state index in [0.29, 0.717) is 16.8 Å². The van der Waals surface area contributed by atoms with Crippen LogP contribution in [0.4, 0.5) is 4.39 Å². The average Bonchev–Trinajstić information content (AvgIpc) is 2.40. The number of benzene rings is 1. The van der Waals surface area contributed by atoms with Gasteiger partial charge in [0, 0.05) is 17.5 Å². The molecular weight excluding hydrogens is 249 g/mol. The van der Waals surface area contributed by atoms with Gasteiger partial charge in [0.1, 0.15) is 11.4 Å². The van der Waals surface area contributed by atoms with Crippen LogP contribution in [-0.4, -0.2) is 18.1 Å². The van der Waals surface area contributed by atoms with Crippen LogP contribution >= 0.6 is 0 Å². The van der Waals surface area contributed by atoms with Gasteiger partial charge in [0.15, 0.2) is 0 Å². The van der Waals surface area contributed by atoms with Crippen LogP contribution in [0.5, 0.6) is 0 Å². The maximum atomic E-state index is 12.9. The van der Waals surface area contributed by atoms with Crippen molar-refractivity contribution >= 4 is 5.97 Å². The van der Waals surface area contributed by atoms with Gasteiger partial charge in [-0.05, 0) is 24.6 Å². The molecule has 0 fully saturated rings. The van der Waals surface area contributed by atoms with E-state index in [2.05, 4.69) is 9.72 Å². The second kappa shape index (κ2) is 5.06. The van der Waals surface area contributed by atoms with Gasteiger partial charge in [0.05, 0.1) is 7.11 Å². The fraction of sp³-hybridized carbons (Fsp3) is 0.143. The number of rotatable bonds is 2. The summed E-state index contributed by atoms with van der Waals surface area (Å²) in [5.41, 5.74) is 0.792. The molecule has 5 heteroatoms. The Morgan fingerprint density at radius 2 is 1.89 bits per heavy atom. The molecule has 0 aliphatic carbocycles. The van der Waals surface area contributed by atoms with E-state index in [1.54, 1.807) is 6.92 Å². The summed E-state index contributed by atoms with van der Waals surface area (Å²) in [4.78, 5) is 26.7. The summed E-state index contributed by atoms with van der Waals surface area (Å²) in [7, 11) is 1.21. The van der Waals surface area contributed by atoms with E-state index in [1.165, 1.54) is 37.6 Å². The van der Waals surface area contributed by atoms with Crippen LogP contribution in [0.1, 0.15) is 16.1 Å². The molecule has 4 nitrogen and oxygen atoms in total. The second-order valence-electron chi connectivity index (χ2n) is 4.03. The number of pyridine rings is 1. The molecule has 1 aromatic heterocycles. The lowest BCUT2D eigenvalue weighted by Crippen LogP contribution is -2.20. The summed E-state index contributed by atoms with van der Waals surface area (Å²) in [6.45, 7) is 1.61. The number of ether oxygens (including phenoxy) is 1. The Balaban J connectivity index is 2.63. The normalized spacial score (nSPS) is 10.3. The number of aromatic nitrogens is 1. The number of nitrogens with one attached hydrogen (secondary N) is 1. The quantitative estimate of drug-likeness (QED) is 0.844. The highest BCUT2D eigenvalue weighted by Crippen LogP contribution is 2.17. The van der Waals surface area contributed by atoms with E-state index in [1.807, 2.05) is 0 Å². The zero-order valence-corrected chi connectivity index (χ0v) is 10.5. The van der Waals surface area contributed by atoms with Crippen LogP contribution in [-0.2, 0) is 4.74 Å². The van der Waals surface area contributed by atoms with Crippen molar-refractivity contribution in [1.82, 2.24) is 4.98 Å². The van der Waals surface area contributed by atoms with E-state index in [9.17, 15) is 14.0 Å². The van der Waals surface area contributed by atoms with Crippen molar-refractivity contribution in [3.8, 4) is 11.1 Å². The number of H-pyrrole nitrogens is 1. The SMILES string of the molecule is COC(=O)c1c(C)[nH]cc(-c2ccc(F)cc2)c1=O. The molecule has 98 valence electrons. The zero-order valence-electron chi connectivity index (χ0n) is 10.5. The maximum Gasteiger partial charge on any atom is 0.343 e. The van der Waals surface area contributed by atoms with Crippen molar-refractivity contribution in [2.24, 2.45) is 0 Å². The third-order valence-electron chi connectivity index (χ3n) is 2.82. The number of hydrogen-bond acceptors (Lipinski definition) is 3. The summed E-state index contributed by atoms with van der Waals surface area (Å²) < 4.78 is 17.5. The molecule has 0 aliphatic rings. The molecule has 0 bridgehead atoms. The number of aryl methyl sites for hydroxylation is 1. The molecule has 2 rings (SSSR count). The fourth-order valence-electron chi connectivity index (χ4n) is 1.81. The number of hydrogen-bond donors (Lipinski definition) is 1. The van der Waals surface area contributed by atoms with Gasteiger partial charge in [-0.15, -0.1) is 0 Å². The molecule has 0 unspecified atom stereocenters. The number of carbonyl (C=O) groups is 1. The van der Waals surface area contributed by atoms with Crippen LogP contribution in [0.25, 0.3) is 11.1 Å². The molecule has 2 aromatic rings. The van der Waals surface area contributed by atoms with Crippen LogP contribution in [0, 0.1) is 12.7 Å². The summed E-state index contributed by atoms with van der Waals surface area (Å²) in [6.07, 6.45) is 1.50. The van der Waals surface area contributed by atoms with Gasteiger partial charge in [-0.25, -0.2) is 9.18 Å². The van der Waals surface area contributed by atoms with Gasteiger partial charge in [-0.3, -0.25) is 4.79 Å². The lowest BCUT2D eigenvalue weighted by Gasteiger charge is -2.06. The second-order valence-corrected chi connectivity index (χ2v) is 4.03. The Labute approximate surface area is 108 Å². The van der Waals surface area contributed by atoms with Crippen molar-refractivity contribution in [2.45, 2.75) is 6.92 Å². The van der Waals surface area contributed by atoms with Gasteiger partial charge in [0.25, 0.3) is 0 Å². The molecule has 0 amide bonds. The molecule has 0 saturated heterocycles. The lowest BCUT2D eigenvalue weighted by atomic mass is 10.0. The molecule has 0 aliphatic heterocycles. The van der Waals surface area contributed by atoms with Crippen LogP contribution in [0.3, 0.4) is 0 Å². The topological polar surface area (TPSA) is 59.2 Å². The predicted octanol–water partition coefficient (Wildman–Crippen LogP) is 2.28. The molecule has 0 radical (unpaired) electrons. The molecule has 1 N–H and O–H groups in total. The Bertz CT molecular complexity index is 674. The lowest BCUT2D eigenvalue weighted by molar-refractivity contribution is 0.0598. The van der Waals surface area contributed by atoms with Gasteiger partial charge >= 0.3 is 5.97 Å². The van der Waals surface area contributed by atoms with E-state index < -0.39 is 11.4 Å². The number of esters is 1. The number of methoxy groups -OCH3 is 1. The van der Waals surface area contributed by atoms with Gasteiger partial charge in [-0.2, -0.15) is 0 Å². The first kappa shape index (κ1) is 13.0. The maximum absolute atomic E-state index is 12.9.